The van der Waals surface area contributed by atoms with Gasteiger partial charge in [0.15, 0.2) is 5.96 Å². The molecule has 1 saturated carbocycles. The summed E-state index contributed by atoms with van der Waals surface area (Å²) < 4.78 is 17.2. The maximum absolute atomic E-state index is 6.03. The number of aliphatic imine (C=N–C) groups is 1. The lowest BCUT2D eigenvalue weighted by molar-refractivity contribution is -0.113. The van der Waals surface area contributed by atoms with Gasteiger partial charge in [-0.2, -0.15) is 0 Å². The molecular formula is C21H42IN3O3. The van der Waals surface area contributed by atoms with Crippen LogP contribution in [0.15, 0.2) is 4.99 Å². The second-order valence-corrected chi connectivity index (χ2v) is 8.45. The average Bonchev–Trinajstić information content (AvgIpc) is 2.68. The third kappa shape index (κ3) is 8.32. The maximum Gasteiger partial charge on any atom is 0.191 e. The van der Waals surface area contributed by atoms with Crippen LogP contribution >= 0.6 is 24.0 Å². The van der Waals surface area contributed by atoms with E-state index in [-0.39, 0.29) is 29.4 Å². The molecule has 0 aromatic carbocycles. The van der Waals surface area contributed by atoms with E-state index in [1.165, 1.54) is 6.42 Å². The van der Waals surface area contributed by atoms with Gasteiger partial charge < -0.3 is 24.8 Å². The molecule has 2 atom stereocenters. The highest BCUT2D eigenvalue weighted by molar-refractivity contribution is 14.0. The zero-order valence-electron chi connectivity index (χ0n) is 18.3. The van der Waals surface area contributed by atoms with Crippen LogP contribution < -0.4 is 10.6 Å². The lowest BCUT2D eigenvalue weighted by Crippen LogP contribution is -2.63. The molecule has 0 radical (unpaired) electrons. The van der Waals surface area contributed by atoms with E-state index in [1.807, 2.05) is 7.05 Å². The highest BCUT2D eigenvalue weighted by Crippen LogP contribution is 2.42. The number of halogens is 1. The van der Waals surface area contributed by atoms with Crippen molar-refractivity contribution in [3.63, 3.8) is 0 Å². The van der Waals surface area contributed by atoms with E-state index in [0.717, 1.165) is 77.6 Å². The summed E-state index contributed by atoms with van der Waals surface area (Å²) >= 11 is 0. The molecule has 1 aliphatic heterocycles. The summed E-state index contributed by atoms with van der Waals surface area (Å²) in [6, 6.07) is 0.403. The standard InChI is InChI=1S/C21H41N3O3.HI/c1-5-6-12-27-19-15-18(21(19,2)3)24-20(22-4)23-10-7-11-26-16-17-8-13-25-14-9-17;/h17-19H,5-16H2,1-4H3,(H2,22,23,24);1H. The third-order valence-corrected chi connectivity index (χ3v) is 5.98. The molecular weight excluding hydrogens is 469 g/mol. The first-order valence-corrected chi connectivity index (χ1v) is 10.8. The summed E-state index contributed by atoms with van der Waals surface area (Å²) in [6.07, 6.45) is 6.98. The SMILES string of the molecule is CCCCOC1CC(NC(=NC)NCCCOCC2CCOCC2)C1(C)C.I. The first-order chi connectivity index (χ1) is 13.1. The van der Waals surface area contributed by atoms with Crippen molar-refractivity contribution in [3.8, 4) is 0 Å². The molecule has 28 heavy (non-hydrogen) atoms. The molecule has 1 saturated heterocycles. The molecule has 166 valence electrons. The quantitative estimate of drug-likeness (QED) is 0.192. The van der Waals surface area contributed by atoms with Crippen LogP contribution in [-0.4, -0.2) is 64.7 Å². The summed E-state index contributed by atoms with van der Waals surface area (Å²) in [6.45, 7) is 11.9. The third-order valence-electron chi connectivity index (χ3n) is 5.98. The summed E-state index contributed by atoms with van der Waals surface area (Å²) in [4.78, 5) is 4.37. The maximum atomic E-state index is 6.03. The van der Waals surface area contributed by atoms with Gasteiger partial charge in [-0.1, -0.05) is 27.2 Å². The molecule has 0 aromatic rings. The first kappa shape index (κ1) is 25.9. The Morgan fingerprint density at radius 1 is 1.18 bits per heavy atom. The minimum Gasteiger partial charge on any atom is -0.381 e. The molecule has 0 aromatic heterocycles. The number of nitrogens with zero attached hydrogens (tertiary/aromatic N) is 1. The van der Waals surface area contributed by atoms with Crippen molar-refractivity contribution < 1.29 is 14.2 Å². The van der Waals surface area contributed by atoms with Crippen molar-refractivity contribution in [2.75, 3.05) is 46.6 Å². The Morgan fingerprint density at radius 2 is 1.93 bits per heavy atom. The van der Waals surface area contributed by atoms with Crippen molar-refractivity contribution in [2.24, 2.45) is 16.3 Å². The van der Waals surface area contributed by atoms with Gasteiger partial charge in [0, 0.05) is 58.1 Å². The molecule has 2 aliphatic rings. The molecule has 6 nitrogen and oxygen atoms in total. The van der Waals surface area contributed by atoms with Gasteiger partial charge in [0.2, 0.25) is 0 Å². The Bertz CT molecular complexity index is 443. The molecule has 1 aliphatic carbocycles. The van der Waals surface area contributed by atoms with Crippen molar-refractivity contribution in [2.45, 2.75) is 71.4 Å². The van der Waals surface area contributed by atoms with Crippen LogP contribution in [0.5, 0.6) is 0 Å². The fraction of sp³-hybridized carbons (Fsp3) is 0.952. The van der Waals surface area contributed by atoms with Crippen LogP contribution in [0.25, 0.3) is 0 Å². The zero-order chi connectivity index (χ0) is 19.5. The Morgan fingerprint density at radius 3 is 2.57 bits per heavy atom. The van der Waals surface area contributed by atoms with Gasteiger partial charge in [-0.25, -0.2) is 0 Å². The lowest BCUT2D eigenvalue weighted by Gasteiger charge is -2.52. The molecule has 0 bridgehead atoms. The van der Waals surface area contributed by atoms with Crippen molar-refractivity contribution in [1.29, 1.82) is 0 Å². The molecule has 2 fully saturated rings. The highest BCUT2D eigenvalue weighted by atomic mass is 127. The Labute approximate surface area is 189 Å². The number of nitrogens with one attached hydrogen (secondary N) is 2. The predicted octanol–water partition coefficient (Wildman–Crippen LogP) is 3.59. The second kappa shape index (κ2) is 14.0. The predicted molar refractivity (Wildman–Crippen MR) is 126 cm³/mol. The smallest absolute Gasteiger partial charge is 0.191 e. The normalized spacial score (nSPS) is 24.9. The van der Waals surface area contributed by atoms with Crippen LogP contribution in [0.4, 0.5) is 0 Å². The summed E-state index contributed by atoms with van der Waals surface area (Å²) in [7, 11) is 1.83. The lowest BCUT2D eigenvalue weighted by atomic mass is 9.64. The summed E-state index contributed by atoms with van der Waals surface area (Å²) in [5, 5.41) is 6.97. The molecule has 1 heterocycles. The number of unbranched alkanes of at least 4 members (excludes halogenated alkanes) is 1. The van der Waals surface area contributed by atoms with Gasteiger partial charge in [0.05, 0.1) is 6.10 Å². The van der Waals surface area contributed by atoms with Crippen LogP contribution in [0.1, 0.15) is 59.3 Å². The topological polar surface area (TPSA) is 64.1 Å². The monoisotopic (exact) mass is 511 g/mol. The number of hydrogen-bond acceptors (Lipinski definition) is 4. The van der Waals surface area contributed by atoms with Crippen LogP contribution in [-0.2, 0) is 14.2 Å². The van der Waals surface area contributed by atoms with Crippen molar-refractivity contribution in [3.05, 3.63) is 0 Å². The summed E-state index contributed by atoms with van der Waals surface area (Å²) in [5.74, 6) is 1.55. The fourth-order valence-corrected chi connectivity index (χ4v) is 3.69. The molecule has 2 rings (SSSR count). The van der Waals surface area contributed by atoms with E-state index in [2.05, 4.69) is 36.4 Å². The summed E-state index contributed by atoms with van der Waals surface area (Å²) in [5.41, 5.74) is 0.137. The molecule has 0 spiro atoms. The van der Waals surface area contributed by atoms with Gasteiger partial charge >= 0.3 is 0 Å². The van der Waals surface area contributed by atoms with Crippen LogP contribution in [0, 0.1) is 11.3 Å². The van der Waals surface area contributed by atoms with E-state index in [1.54, 1.807) is 0 Å². The number of hydrogen-bond donors (Lipinski definition) is 2. The number of guanidine groups is 1. The minimum atomic E-state index is 0. The van der Waals surface area contributed by atoms with E-state index in [9.17, 15) is 0 Å². The second-order valence-electron chi connectivity index (χ2n) is 8.45. The molecule has 2 N–H and O–H groups in total. The van der Waals surface area contributed by atoms with E-state index in [4.69, 9.17) is 14.2 Å². The average molecular weight is 511 g/mol. The van der Waals surface area contributed by atoms with Crippen LogP contribution in [0.3, 0.4) is 0 Å². The van der Waals surface area contributed by atoms with Crippen LogP contribution in [0.2, 0.25) is 0 Å². The van der Waals surface area contributed by atoms with E-state index >= 15 is 0 Å². The van der Waals surface area contributed by atoms with Gasteiger partial charge in [-0.3, -0.25) is 4.99 Å². The first-order valence-electron chi connectivity index (χ1n) is 10.8. The van der Waals surface area contributed by atoms with E-state index < -0.39 is 0 Å². The zero-order valence-corrected chi connectivity index (χ0v) is 20.6. The molecule has 7 heteroatoms. The van der Waals surface area contributed by atoms with Gasteiger partial charge in [-0.15, -0.1) is 24.0 Å². The van der Waals surface area contributed by atoms with E-state index in [0.29, 0.717) is 18.1 Å². The highest BCUT2D eigenvalue weighted by Gasteiger charge is 2.49. The van der Waals surface area contributed by atoms with Crippen molar-refractivity contribution >= 4 is 29.9 Å². The number of rotatable bonds is 11. The van der Waals surface area contributed by atoms with Gasteiger partial charge in [0.1, 0.15) is 0 Å². The Kier molecular flexibility index (Phi) is 12.9. The Hall–Kier alpha value is -0.120. The largest absolute Gasteiger partial charge is 0.381 e. The molecule has 2 unspecified atom stereocenters. The molecule has 0 amide bonds. The minimum absolute atomic E-state index is 0. The Balaban J connectivity index is 0.00000392. The van der Waals surface area contributed by atoms with Gasteiger partial charge in [0.25, 0.3) is 0 Å². The number of ether oxygens (including phenoxy) is 3. The fourth-order valence-electron chi connectivity index (χ4n) is 3.69. The van der Waals surface area contributed by atoms with Gasteiger partial charge in [-0.05, 0) is 38.0 Å². The van der Waals surface area contributed by atoms with Crippen molar-refractivity contribution in [1.82, 2.24) is 10.6 Å².